The quantitative estimate of drug-likeness (QED) is 0.598. The zero-order valence-electron chi connectivity index (χ0n) is 15.3. The Hall–Kier alpha value is -2.70. The summed E-state index contributed by atoms with van der Waals surface area (Å²) in [4.78, 5) is 2.43. The lowest BCUT2D eigenvalue weighted by molar-refractivity contribution is 0.242. The monoisotopic (exact) mass is 377 g/mol. The van der Waals surface area contributed by atoms with Gasteiger partial charge in [0.2, 0.25) is 0 Å². The lowest BCUT2D eigenvalue weighted by Gasteiger charge is -2.26. The van der Waals surface area contributed by atoms with E-state index in [1.165, 1.54) is 16.8 Å². The molecule has 0 spiro atoms. The van der Waals surface area contributed by atoms with Gasteiger partial charge < -0.3 is 10.6 Å². The number of aromatic amines is 1. The predicted molar refractivity (Wildman–Crippen MR) is 114 cm³/mol. The molecule has 2 heterocycles. The van der Waals surface area contributed by atoms with Gasteiger partial charge in [-0.15, -0.1) is 0 Å². The summed E-state index contributed by atoms with van der Waals surface area (Å²) in [6.07, 6.45) is 0.952. The second-order valence-electron chi connectivity index (χ2n) is 6.87. The summed E-state index contributed by atoms with van der Waals surface area (Å²) in [5.41, 5.74) is 5.89. The number of anilines is 2. The minimum absolute atomic E-state index is 0.560. The molecule has 0 bridgehead atoms. The van der Waals surface area contributed by atoms with E-state index >= 15 is 0 Å². The van der Waals surface area contributed by atoms with Crippen LogP contribution >= 0.6 is 12.2 Å². The zero-order chi connectivity index (χ0) is 18.6. The van der Waals surface area contributed by atoms with E-state index in [0.29, 0.717) is 5.11 Å². The highest BCUT2D eigenvalue weighted by Gasteiger charge is 2.22. The Morgan fingerprint density at radius 1 is 1.11 bits per heavy atom. The first kappa shape index (κ1) is 17.7. The van der Waals surface area contributed by atoms with Crippen molar-refractivity contribution >= 4 is 28.8 Å². The molecule has 4 rings (SSSR count). The fourth-order valence-electron chi connectivity index (χ4n) is 3.43. The molecule has 0 amide bonds. The van der Waals surface area contributed by atoms with Crippen LogP contribution in [0.5, 0.6) is 0 Å². The molecule has 1 aliphatic rings. The first-order valence-corrected chi connectivity index (χ1v) is 9.56. The van der Waals surface area contributed by atoms with Crippen molar-refractivity contribution in [2.24, 2.45) is 0 Å². The number of H-pyrrole nitrogens is 1. The fraction of sp³-hybridized carbons (Fsp3) is 0.238. The third-order valence-electron chi connectivity index (χ3n) is 4.89. The number of nitrogens with one attached hydrogen (secondary N) is 3. The lowest BCUT2D eigenvalue weighted by atomic mass is 10.1. The maximum Gasteiger partial charge on any atom is 0.176 e. The maximum absolute atomic E-state index is 5.47. The van der Waals surface area contributed by atoms with Crippen molar-refractivity contribution in [3.05, 3.63) is 77.0 Å². The van der Waals surface area contributed by atoms with Gasteiger partial charge in [0.05, 0.1) is 5.69 Å². The van der Waals surface area contributed by atoms with Crippen molar-refractivity contribution in [2.45, 2.75) is 26.4 Å². The average molecular weight is 378 g/mol. The van der Waals surface area contributed by atoms with Gasteiger partial charge in [0, 0.05) is 30.9 Å². The van der Waals surface area contributed by atoms with E-state index in [9.17, 15) is 0 Å². The highest BCUT2D eigenvalue weighted by Crippen LogP contribution is 2.25. The van der Waals surface area contributed by atoms with Crippen LogP contribution in [0.25, 0.3) is 0 Å². The number of hydrogen-bond donors (Lipinski definition) is 3. The summed E-state index contributed by atoms with van der Waals surface area (Å²) in [7, 11) is 0. The Morgan fingerprint density at radius 3 is 2.70 bits per heavy atom. The van der Waals surface area contributed by atoms with Crippen molar-refractivity contribution < 1.29 is 0 Å². The minimum atomic E-state index is 0.560. The Bertz CT molecular complexity index is 935. The van der Waals surface area contributed by atoms with E-state index in [4.69, 9.17) is 12.2 Å². The first-order chi connectivity index (χ1) is 13.2. The second kappa shape index (κ2) is 7.90. The first-order valence-electron chi connectivity index (χ1n) is 9.15. The Labute approximate surface area is 164 Å². The van der Waals surface area contributed by atoms with Crippen LogP contribution in [0.2, 0.25) is 0 Å². The molecular weight excluding hydrogens is 354 g/mol. The minimum Gasteiger partial charge on any atom is -0.332 e. The molecule has 3 aromatic rings. The molecule has 0 radical (unpaired) electrons. The van der Waals surface area contributed by atoms with Gasteiger partial charge >= 0.3 is 0 Å². The number of nitrogens with zero attached hydrogens (tertiary/aromatic N) is 2. The summed E-state index contributed by atoms with van der Waals surface area (Å²) >= 11 is 5.47. The van der Waals surface area contributed by atoms with Crippen LogP contribution in [0, 0.1) is 6.92 Å². The van der Waals surface area contributed by atoms with E-state index in [1.54, 1.807) is 0 Å². The molecular formula is C21H23N5S. The molecule has 0 atom stereocenters. The zero-order valence-corrected chi connectivity index (χ0v) is 16.1. The molecule has 3 N–H and O–H groups in total. The van der Waals surface area contributed by atoms with Gasteiger partial charge in [0.1, 0.15) is 0 Å². The number of thiocarbonyl (C=S) groups is 1. The Kier molecular flexibility index (Phi) is 5.18. The predicted octanol–water partition coefficient (Wildman–Crippen LogP) is 4.09. The molecule has 0 unspecified atom stereocenters. The molecule has 5 nitrogen and oxygen atoms in total. The van der Waals surface area contributed by atoms with Crippen molar-refractivity contribution in [1.82, 2.24) is 15.1 Å². The van der Waals surface area contributed by atoms with E-state index in [2.05, 4.69) is 69.1 Å². The summed E-state index contributed by atoms with van der Waals surface area (Å²) < 4.78 is 0. The third-order valence-corrected chi connectivity index (χ3v) is 5.09. The molecule has 1 aromatic heterocycles. The van der Waals surface area contributed by atoms with Crippen molar-refractivity contribution in [2.75, 3.05) is 17.2 Å². The number of aromatic nitrogens is 2. The number of para-hydroxylation sites is 1. The highest BCUT2D eigenvalue weighted by atomic mass is 32.1. The number of fused-ring (bicyclic) bond motifs is 1. The van der Waals surface area contributed by atoms with E-state index in [0.717, 1.165) is 43.1 Å². The van der Waals surface area contributed by atoms with Gasteiger partial charge in [-0.3, -0.25) is 10.00 Å². The van der Waals surface area contributed by atoms with Crippen LogP contribution in [0.3, 0.4) is 0 Å². The van der Waals surface area contributed by atoms with E-state index < -0.39 is 0 Å². The molecule has 0 fully saturated rings. The van der Waals surface area contributed by atoms with Crippen LogP contribution in [0.15, 0.2) is 54.6 Å². The standard InChI is InChI=1S/C21H23N5S/c1-15-7-5-6-10-18(15)22-21(27)23-20-17-11-12-26(14-19(17)24-25-20)13-16-8-3-2-4-9-16/h2-10H,11-14H2,1H3,(H3,22,23,24,25,27). The van der Waals surface area contributed by atoms with Crippen LogP contribution in [0.4, 0.5) is 11.5 Å². The molecule has 138 valence electrons. The van der Waals surface area contributed by atoms with Gasteiger partial charge in [0.25, 0.3) is 0 Å². The van der Waals surface area contributed by atoms with Crippen LogP contribution in [-0.4, -0.2) is 26.8 Å². The molecule has 0 aliphatic carbocycles. The van der Waals surface area contributed by atoms with Gasteiger partial charge in [-0.2, -0.15) is 5.10 Å². The van der Waals surface area contributed by atoms with E-state index in [-0.39, 0.29) is 0 Å². The normalized spacial score (nSPS) is 13.8. The second-order valence-corrected chi connectivity index (χ2v) is 7.28. The summed E-state index contributed by atoms with van der Waals surface area (Å²) in [6.45, 7) is 4.89. The molecule has 0 saturated heterocycles. The SMILES string of the molecule is Cc1ccccc1NC(=S)Nc1n[nH]c2c1CCN(Cc1ccccc1)C2. The Balaban J connectivity index is 1.39. The molecule has 2 aromatic carbocycles. The number of rotatable bonds is 4. The topological polar surface area (TPSA) is 56.0 Å². The molecule has 27 heavy (non-hydrogen) atoms. The Morgan fingerprint density at radius 2 is 1.89 bits per heavy atom. The third kappa shape index (κ3) is 4.18. The highest BCUT2D eigenvalue weighted by molar-refractivity contribution is 7.80. The smallest absolute Gasteiger partial charge is 0.176 e. The van der Waals surface area contributed by atoms with Gasteiger partial charge in [0.15, 0.2) is 10.9 Å². The molecule has 1 aliphatic heterocycles. The maximum atomic E-state index is 5.47. The van der Waals surface area contributed by atoms with Crippen molar-refractivity contribution in [3.8, 4) is 0 Å². The fourth-order valence-corrected chi connectivity index (χ4v) is 3.63. The molecule has 6 heteroatoms. The largest absolute Gasteiger partial charge is 0.332 e. The van der Waals surface area contributed by atoms with Crippen molar-refractivity contribution in [1.29, 1.82) is 0 Å². The summed E-state index contributed by atoms with van der Waals surface area (Å²) in [6, 6.07) is 18.7. The number of hydrogen-bond acceptors (Lipinski definition) is 3. The number of benzene rings is 2. The summed E-state index contributed by atoms with van der Waals surface area (Å²) in [5.74, 6) is 0.829. The van der Waals surface area contributed by atoms with E-state index in [1.807, 2.05) is 18.2 Å². The average Bonchev–Trinajstić information content (AvgIpc) is 3.06. The van der Waals surface area contributed by atoms with Crippen LogP contribution in [-0.2, 0) is 19.5 Å². The number of aryl methyl sites for hydroxylation is 1. The molecule has 0 saturated carbocycles. The van der Waals surface area contributed by atoms with Crippen molar-refractivity contribution in [3.63, 3.8) is 0 Å². The van der Waals surface area contributed by atoms with Gasteiger partial charge in [-0.1, -0.05) is 48.5 Å². The van der Waals surface area contributed by atoms with Crippen LogP contribution < -0.4 is 10.6 Å². The summed E-state index contributed by atoms with van der Waals surface area (Å²) in [5, 5.41) is 14.7. The van der Waals surface area contributed by atoms with Gasteiger partial charge in [-0.05, 0) is 42.8 Å². The van der Waals surface area contributed by atoms with Gasteiger partial charge in [-0.25, -0.2) is 0 Å². The van der Waals surface area contributed by atoms with Crippen LogP contribution in [0.1, 0.15) is 22.4 Å². The lowest BCUT2D eigenvalue weighted by Crippen LogP contribution is -2.30.